The number of rotatable bonds is 6. The third-order valence-electron chi connectivity index (χ3n) is 1.98. The SMILES string of the molecule is COC(=O)C(CCCS(C)(=O)=O)C(=O)OC. The standard InChI is InChI=1S/C9H16O6S/c1-14-8(10)7(9(11)15-2)5-4-6-16(3,12)13/h7H,4-6H2,1-3H3. The van der Waals surface area contributed by atoms with Crippen molar-refractivity contribution in [2.24, 2.45) is 5.92 Å². The number of esters is 2. The van der Waals surface area contributed by atoms with Crippen molar-refractivity contribution >= 4 is 21.8 Å². The molecule has 0 saturated carbocycles. The molecule has 0 N–H and O–H groups in total. The molecule has 0 fully saturated rings. The number of ether oxygens (including phenoxy) is 2. The molecule has 0 heterocycles. The Labute approximate surface area is 94.8 Å². The van der Waals surface area contributed by atoms with E-state index in [0.717, 1.165) is 20.5 Å². The predicted molar refractivity (Wildman–Crippen MR) is 56.5 cm³/mol. The van der Waals surface area contributed by atoms with E-state index < -0.39 is 27.7 Å². The molecule has 0 aromatic rings. The van der Waals surface area contributed by atoms with Crippen molar-refractivity contribution in [2.45, 2.75) is 12.8 Å². The Morgan fingerprint density at radius 3 is 1.88 bits per heavy atom. The van der Waals surface area contributed by atoms with E-state index in [9.17, 15) is 18.0 Å². The fourth-order valence-corrected chi connectivity index (χ4v) is 1.86. The smallest absolute Gasteiger partial charge is 0.320 e. The molecule has 0 amide bonds. The maximum absolute atomic E-state index is 11.2. The predicted octanol–water partition coefficient (Wildman–Crippen LogP) is -0.227. The Kier molecular flexibility index (Phi) is 6.02. The van der Waals surface area contributed by atoms with Crippen LogP contribution in [-0.2, 0) is 28.9 Å². The van der Waals surface area contributed by atoms with Gasteiger partial charge in [-0.15, -0.1) is 0 Å². The maximum atomic E-state index is 11.2. The molecule has 0 spiro atoms. The van der Waals surface area contributed by atoms with Crippen molar-refractivity contribution in [3.05, 3.63) is 0 Å². The van der Waals surface area contributed by atoms with Crippen LogP contribution >= 0.6 is 0 Å². The molecule has 0 aliphatic carbocycles. The van der Waals surface area contributed by atoms with Crippen molar-refractivity contribution in [1.29, 1.82) is 0 Å². The van der Waals surface area contributed by atoms with E-state index in [1.165, 1.54) is 0 Å². The Bertz CT molecular complexity index is 329. The highest BCUT2D eigenvalue weighted by Crippen LogP contribution is 2.11. The molecule has 0 radical (unpaired) electrons. The van der Waals surface area contributed by atoms with Crippen LogP contribution in [0.3, 0.4) is 0 Å². The highest BCUT2D eigenvalue weighted by atomic mass is 32.2. The van der Waals surface area contributed by atoms with Crippen molar-refractivity contribution in [1.82, 2.24) is 0 Å². The second-order valence-electron chi connectivity index (χ2n) is 3.37. The zero-order valence-corrected chi connectivity index (χ0v) is 10.4. The van der Waals surface area contributed by atoms with Gasteiger partial charge in [0.25, 0.3) is 0 Å². The Hall–Kier alpha value is -1.11. The molecular formula is C9H16O6S. The summed E-state index contributed by atoms with van der Waals surface area (Å²) in [7, 11) is -0.766. The van der Waals surface area contributed by atoms with Gasteiger partial charge in [0.05, 0.1) is 14.2 Å². The van der Waals surface area contributed by atoms with Crippen molar-refractivity contribution in [3.8, 4) is 0 Å². The van der Waals surface area contributed by atoms with E-state index in [2.05, 4.69) is 9.47 Å². The minimum absolute atomic E-state index is 0.0719. The fourth-order valence-electron chi connectivity index (χ4n) is 1.17. The molecule has 0 rings (SSSR count). The van der Waals surface area contributed by atoms with Crippen LogP contribution in [0.5, 0.6) is 0 Å². The van der Waals surface area contributed by atoms with Crippen LogP contribution in [0.15, 0.2) is 0 Å². The van der Waals surface area contributed by atoms with Gasteiger partial charge in [0.2, 0.25) is 0 Å². The van der Waals surface area contributed by atoms with E-state index in [1.54, 1.807) is 0 Å². The lowest BCUT2D eigenvalue weighted by Crippen LogP contribution is -2.27. The third-order valence-corrected chi connectivity index (χ3v) is 3.01. The Morgan fingerprint density at radius 2 is 1.56 bits per heavy atom. The normalized spacial score (nSPS) is 11.2. The summed E-state index contributed by atoms with van der Waals surface area (Å²) in [5.41, 5.74) is 0. The largest absolute Gasteiger partial charge is 0.468 e. The van der Waals surface area contributed by atoms with Crippen LogP contribution in [0.25, 0.3) is 0 Å². The molecular weight excluding hydrogens is 236 g/mol. The first kappa shape index (κ1) is 14.9. The molecule has 0 aliphatic rings. The van der Waals surface area contributed by atoms with Crippen LogP contribution in [0, 0.1) is 5.92 Å². The van der Waals surface area contributed by atoms with Crippen LogP contribution in [0.4, 0.5) is 0 Å². The number of methoxy groups -OCH3 is 2. The minimum Gasteiger partial charge on any atom is -0.468 e. The van der Waals surface area contributed by atoms with Crippen molar-refractivity contribution in [2.75, 3.05) is 26.2 Å². The van der Waals surface area contributed by atoms with Crippen LogP contribution < -0.4 is 0 Å². The molecule has 94 valence electrons. The van der Waals surface area contributed by atoms with Gasteiger partial charge in [0, 0.05) is 12.0 Å². The van der Waals surface area contributed by atoms with E-state index >= 15 is 0 Å². The molecule has 0 aliphatic heterocycles. The lowest BCUT2D eigenvalue weighted by Gasteiger charge is -2.11. The van der Waals surface area contributed by atoms with Crippen molar-refractivity contribution in [3.63, 3.8) is 0 Å². The van der Waals surface area contributed by atoms with Gasteiger partial charge in [-0.25, -0.2) is 8.42 Å². The first-order valence-corrected chi connectivity index (χ1v) is 6.71. The summed E-state index contributed by atoms with van der Waals surface area (Å²) < 4.78 is 30.6. The second kappa shape index (κ2) is 6.47. The van der Waals surface area contributed by atoms with Gasteiger partial charge < -0.3 is 9.47 Å². The summed E-state index contributed by atoms with van der Waals surface area (Å²) >= 11 is 0. The monoisotopic (exact) mass is 252 g/mol. The number of carbonyl (C=O) groups excluding carboxylic acids is 2. The summed E-state index contributed by atoms with van der Waals surface area (Å²) in [6.45, 7) is 0. The lowest BCUT2D eigenvalue weighted by molar-refractivity contribution is -0.159. The molecule has 6 nitrogen and oxygen atoms in total. The molecule has 0 aromatic carbocycles. The number of hydrogen-bond donors (Lipinski definition) is 0. The van der Waals surface area contributed by atoms with Gasteiger partial charge >= 0.3 is 11.9 Å². The van der Waals surface area contributed by atoms with E-state index in [-0.39, 0.29) is 18.6 Å². The van der Waals surface area contributed by atoms with E-state index in [4.69, 9.17) is 0 Å². The van der Waals surface area contributed by atoms with Crippen LogP contribution in [0.2, 0.25) is 0 Å². The zero-order valence-electron chi connectivity index (χ0n) is 9.56. The molecule has 16 heavy (non-hydrogen) atoms. The van der Waals surface area contributed by atoms with Gasteiger partial charge in [-0.2, -0.15) is 0 Å². The average molecular weight is 252 g/mol. The average Bonchev–Trinajstić information content (AvgIpc) is 2.21. The molecule has 0 bridgehead atoms. The van der Waals surface area contributed by atoms with Gasteiger partial charge in [-0.3, -0.25) is 9.59 Å². The highest BCUT2D eigenvalue weighted by Gasteiger charge is 2.28. The Balaban J connectivity index is 4.34. The third kappa shape index (κ3) is 5.69. The van der Waals surface area contributed by atoms with Crippen molar-refractivity contribution < 1.29 is 27.5 Å². The fraction of sp³-hybridized carbons (Fsp3) is 0.778. The molecule has 0 unspecified atom stereocenters. The van der Waals surface area contributed by atoms with E-state index in [1.807, 2.05) is 0 Å². The van der Waals surface area contributed by atoms with E-state index in [0.29, 0.717) is 0 Å². The van der Waals surface area contributed by atoms with Gasteiger partial charge in [-0.05, 0) is 12.8 Å². The first-order valence-electron chi connectivity index (χ1n) is 4.65. The molecule has 0 atom stereocenters. The zero-order chi connectivity index (χ0) is 12.8. The summed E-state index contributed by atoms with van der Waals surface area (Å²) in [4.78, 5) is 22.4. The molecule has 0 saturated heterocycles. The van der Waals surface area contributed by atoms with Crippen LogP contribution in [-0.4, -0.2) is 46.6 Å². The van der Waals surface area contributed by atoms with Gasteiger partial charge in [0.1, 0.15) is 9.84 Å². The summed E-state index contributed by atoms with van der Waals surface area (Å²) in [5.74, 6) is -2.53. The van der Waals surface area contributed by atoms with Gasteiger partial charge in [0.15, 0.2) is 5.92 Å². The maximum Gasteiger partial charge on any atom is 0.320 e. The molecule has 7 heteroatoms. The lowest BCUT2D eigenvalue weighted by atomic mass is 10.0. The number of sulfone groups is 1. The number of carbonyl (C=O) groups is 2. The topological polar surface area (TPSA) is 86.7 Å². The summed E-state index contributed by atoms with van der Waals surface area (Å²) in [6.07, 6.45) is 1.42. The minimum atomic E-state index is -3.09. The van der Waals surface area contributed by atoms with Gasteiger partial charge in [-0.1, -0.05) is 0 Å². The number of hydrogen-bond acceptors (Lipinski definition) is 6. The molecule has 0 aromatic heterocycles. The summed E-state index contributed by atoms with van der Waals surface area (Å²) in [6, 6.07) is 0. The second-order valence-corrected chi connectivity index (χ2v) is 5.63. The first-order chi connectivity index (χ1) is 7.31. The summed E-state index contributed by atoms with van der Waals surface area (Å²) in [5, 5.41) is 0. The van der Waals surface area contributed by atoms with Crippen LogP contribution in [0.1, 0.15) is 12.8 Å². The Morgan fingerprint density at radius 1 is 1.12 bits per heavy atom. The quantitative estimate of drug-likeness (QED) is 0.479. The highest BCUT2D eigenvalue weighted by molar-refractivity contribution is 7.90.